The lowest BCUT2D eigenvalue weighted by atomic mass is 9.83. The topological polar surface area (TPSA) is 87.9 Å². The Morgan fingerprint density at radius 2 is 2.03 bits per heavy atom. The number of ether oxygens (including phenoxy) is 1. The fourth-order valence-electron chi connectivity index (χ4n) is 4.67. The molecule has 1 saturated heterocycles. The SMILES string of the molecule is COCCCNC(=O)[C@H]1Cc2cc([N+](=O)[O-])ccc2N2CCN(c3ccc(Cl)cc3)C[C@@H]12. The van der Waals surface area contributed by atoms with Crippen molar-refractivity contribution in [2.45, 2.75) is 18.9 Å². The third-order valence-electron chi connectivity index (χ3n) is 6.26. The van der Waals surface area contributed by atoms with Gasteiger partial charge in [0.25, 0.3) is 5.69 Å². The van der Waals surface area contributed by atoms with Crippen LogP contribution in [0.2, 0.25) is 5.02 Å². The number of fused-ring (bicyclic) bond motifs is 3. The highest BCUT2D eigenvalue weighted by atomic mass is 35.5. The van der Waals surface area contributed by atoms with Gasteiger partial charge in [-0.15, -0.1) is 0 Å². The summed E-state index contributed by atoms with van der Waals surface area (Å²) in [6, 6.07) is 12.7. The van der Waals surface area contributed by atoms with Gasteiger partial charge in [-0.1, -0.05) is 11.6 Å². The summed E-state index contributed by atoms with van der Waals surface area (Å²) < 4.78 is 5.07. The number of non-ortho nitro benzene ring substituents is 1. The molecule has 0 aliphatic carbocycles. The number of nitrogens with zero attached hydrogens (tertiary/aromatic N) is 3. The van der Waals surface area contributed by atoms with Crippen LogP contribution in [0.15, 0.2) is 42.5 Å². The maximum atomic E-state index is 13.2. The van der Waals surface area contributed by atoms with Gasteiger partial charge in [-0.3, -0.25) is 14.9 Å². The second-order valence-corrected chi connectivity index (χ2v) is 8.64. The van der Waals surface area contributed by atoms with Crippen LogP contribution < -0.4 is 15.1 Å². The Morgan fingerprint density at radius 3 is 2.75 bits per heavy atom. The molecule has 8 nitrogen and oxygen atoms in total. The number of benzene rings is 2. The molecule has 32 heavy (non-hydrogen) atoms. The number of nitro groups is 1. The van der Waals surface area contributed by atoms with Gasteiger partial charge < -0.3 is 19.9 Å². The van der Waals surface area contributed by atoms with Crippen molar-refractivity contribution in [3.05, 3.63) is 63.2 Å². The molecule has 9 heteroatoms. The number of piperazine rings is 1. The van der Waals surface area contributed by atoms with Gasteiger partial charge in [0, 0.05) is 68.4 Å². The predicted octanol–water partition coefficient (Wildman–Crippen LogP) is 3.27. The first-order valence-corrected chi connectivity index (χ1v) is 11.2. The molecule has 2 aromatic rings. The Labute approximate surface area is 192 Å². The average Bonchev–Trinajstić information content (AvgIpc) is 2.80. The molecule has 0 unspecified atom stereocenters. The van der Waals surface area contributed by atoms with E-state index in [9.17, 15) is 14.9 Å². The van der Waals surface area contributed by atoms with Crippen LogP contribution in [0.4, 0.5) is 17.1 Å². The monoisotopic (exact) mass is 458 g/mol. The smallest absolute Gasteiger partial charge is 0.269 e. The minimum atomic E-state index is -0.384. The highest BCUT2D eigenvalue weighted by Gasteiger charge is 2.42. The standard InChI is InChI=1S/C23H27ClN4O4/c1-32-12-2-9-25-23(29)20-14-16-13-19(28(30)31)7-8-21(16)27-11-10-26(15-22(20)27)18-5-3-17(24)4-6-18/h3-8,13,20,22H,2,9-12,14-15H2,1H3,(H,25,29)/t20-,22-/m0/s1. The summed E-state index contributed by atoms with van der Waals surface area (Å²) in [7, 11) is 1.64. The van der Waals surface area contributed by atoms with Crippen LogP contribution in [0.3, 0.4) is 0 Å². The Bertz CT molecular complexity index is 984. The van der Waals surface area contributed by atoms with E-state index in [1.165, 1.54) is 0 Å². The number of amides is 1. The number of nitrogens with one attached hydrogen (secondary N) is 1. The summed E-state index contributed by atoms with van der Waals surface area (Å²) in [5.74, 6) is -0.326. The molecule has 1 N–H and O–H groups in total. The van der Waals surface area contributed by atoms with Crippen LogP contribution in [0.25, 0.3) is 0 Å². The van der Waals surface area contributed by atoms with Crippen molar-refractivity contribution in [3.63, 3.8) is 0 Å². The number of hydrogen-bond donors (Lipinski definition) is 1. The number of hydrogen-bond acceptors (Lipinski definition) is 6. The highest BCUT2D eigenvalue weighted by molar-refractivity contribution is 6.30. The summed E-state index contributed by atoms with van der Waals surface area (Å²) in [5, 5.41) is 15.0. The minimum Gasteiger partial charge on any atom is -0.385 e. The van der Waals surface area contributed by atoms with Gasteiger partial charge in [-0.25, -0.2) is 0 Å². The predicted molar refractivity (Wildman–Crippen MR) is 125 cm³/mol. The molecule has 2 aromatic carbocycles. The lowest BCUT2D eigenvalue weighted by Gasteiger charge is -2.49. The molecule has 1 amide bonds. The van der Waals surface area contributed by atoms with E-state index in [1.54, 1.807) is 19.2 Å². The van der Waals surface area contributed by atoms with E-state index in [-0.39, 0.29) is 28.5 Å². The molecule has 2 aliphatic heterocycles. The number of anilines is 2. The van der Waals surface area contributed by atoms with Gasteiger partial charge >= 0.3 is 0 Å². The van der Waals surface area contributed by atoms with Gasteiger partial charge in [-0.05, 0) is 48.7 Å². The van der Waals surface area contributed by atoms with Crippen molar-refractivity contribution in [2.24, 2.45) is 5.92 Å². The second kappa shape index (κ2) is 9.75. The van der Waals surface area contributed by atoms with Gasteiger partial charge in [0.15, 0.2) is 0 Å². The Kier molecular flexibility index (Phi) is 6.81. The van der Waals surface area contributed by atoms with Crippen molar-refractivity contribution in [1.82, 2.24) is 5.32 Å². The second-order valence-electron chi connectivity index (χ2n) is 8.20. The molecule has 1 fully saturated rings. The molecule has 4 rings (SSSR count). The molecular formula is C23H27ClN4O4. The van der Waals surface area contributed by atoms with E-state index >= 15 is 0 Å². The van der Waals surface area contributed by atoms with Crippen molar-refractivity contribution >= 4 is 34.6 Å². The summed E-state index contributed by atoms with van der Waals surface area (Å²) in [6.07, 6.45) is 1.21. The fourth-order valence-corrected chi connectivity index (χ4v) is 4.79. The van der Waals surface area contributed by atoms with E-state index in [2.05, 4.69) is 15.1 Å². The van der Waals surface area contributed by atoms with Crippen LogP contribution >= 0.6 is 11.6 Å². The minimum absolute atomic E-state index is 0.0220. The zero-order valence-corrected chi connectivity index (χ0v) is 18.8. The third kappa shape index (κ3) is 4.66. The first kappa shape index (κ1) is 22.4. The van der Waals surface area contributed by atoms with E-state index < -0.39 is 0 Å². The molecule has 0 bridgehead atoms. The number of rotatable bonds is 7. The number of methoxy groups -OCH3 is 1. The van der Waals surface area contributed by atoms with Gasteiger partial charge in [-0.2, -0.15) is 0 Å². The lowest BCUT2D eigenvalue weighted by molar-refractivity contribution is -0.384. The van der Waals surface area contributed by atoms with Gasteiger partial charge in [0.05, 0.1) is 16.9 Å². The third-order valence-corrected chi connectivity index (χ3v) is 6.51. The molecule has 170 valence electrons. The molecule has 2 aliphatic rings. The molecule has 0 spiro atoms. The number of carbonyl (C=O) groups excluding carboxylic acids is 1. The maximum Gasteiger partial charge on any atom is 0.269 e. The molecule has 2 atom stereocenters. The van der Waals surface area contributed by atoms with E-state index in [4.69, 9.17) is 16.3 Å². The normalized spacial score (nSPS) is 19.8. The van der Waals surface area contributed by atoms with Crippen LogP contribution in [0.1, 0.15) is 12.0 Å². The van der Waals surface area contributed by atoms with Crippen molar-refractivity contribution in [2.75, 3.05) is 49.7 Å². The fraction of sp³-hybridized carbons (Fsp3) is 0.435. The van der Waals surface area contributed by atoms with Gasteiger partial charge in [0.2, 0.25) is 5.91 Å². The Morgan fingerprint density at radius 1 is 1.25 bits per heavy atom. The van der Waals surface area contributed by atoms with Crippen LogP contribution in [-0.2, 0) is 16.0 Å². The number of nitro benzene ring substituents is 1. The van der Waals surface area contributed by atoms with Gasteiger partial charge in [0.1, 0.15) is 0 Å². The molecule has 2 heterocycles. The zero-order chi connectivity index (χ0) is 22.7. The lowest BCUT2D eigenvalue weighted by Crippen LogP contribution is -2.61. The molecule has 0 saturated carbocycles. The number of carbonyl (C=O) groups is 1. The Hall–Kier alpha value is -2.84. The van der Waals surface area contributed by atoms with E-state index in [0.717, 1.165) is 36.4 Å². The van der Waals surface area contributed by atoms with Crippen molar-refractivity contribution in [1.29, 1.82) is 0 Å². The summed E-state index contributed by atoms with van der Waals surface area (Å²) >= 11 is 6.05. The van der Waals surface area contributed by atoms with Crippen LogP contribution in [0, 0.1) is 16.0 Å². The Balaban J connectivity index is 1.60. The molecule has 0 aromatic heterocycles. The largest absolute Gasteiger partial charge is 0.385 e. The van der Waals surface area contributed by atoms with Crippen molar-refractivity contribution in [3.8, 4) is 0 Å². The quantitative estimate of drug-likeness (QED) is 0.389. The zero-order valence-electron chi connectivity index (χ0n) is 18.0. The average molecular weight is 459 g/mol. The van der Waals surface area contributed by atoms with E-state index in [1.807, 2.05) is 30.3 Å². The number of halogens is 1. The maximum absolute atomic E-state index is 13.2. The van der Waals surface area contributed by atoms with E-state index in [0.29, 0.717) is 31.1 Å². The highest BCUT2D eigenvalue weighted by Crippen LogP contribution is 2.38. The molecular weight excluding hydrogens is 432 g/mol. The first-order valence-electron chi connectivity index (χ1n) is 10.8. The summed E-state index contributed by atoms with van der Waals surface area (Å²) in [5.41, 5.74) is 2.97. The molecule has 0 radical (unpaired) electrons. The summed E-state index contributed by atoms with van der Waals surface area (Å²) in [4.78, 5) is 28.6. The van der Waals surface area contributed by atoms with Crippen LogP contribution in [-0.4, -0.2) is 56.8 Å². The first-order chi connectivity index (χ1) is 15.5. The van der Waals surface area contributed by atoms with Crippen LogP contribution in [0.5, 0.6) is 0 Å². The summed E-state index contributed by atoms with van der Waals surface area (Å²) in [6.45, 7) is 3.33. The van der Waals surface area contributed by atoms with Crippen molar-refractivity contribution < 1.29 is 14.5 Å².